The van der Waals surface area contributed by atoms with E-state index in [2.05, 4.69) is 32.3 Å². The zero-order chi connectivity index (χ0) is 22.9. The normalized spacial score (nSPS) is 16.3. The summed E-state index contributed by atoms with van der Waals surface area (Å²) in [6.45, 7) is 11.7. The fourth-order valence-corrected chi connectivity index (χ4v) is 3.82. The Kier molecular flexibility index (Phi) is 8.62. The molecule has 0 bridgehead atoms. The van der Waals surface area contributed by atoms with Gasteiger partial charge in [-0.05, 0) is 36.2 Å². The number of aromatic nitrogens is 1. The van der Waals surface area contributed by atoms with Crippen molar-refractivity contribution in [3.63, 3.8) is 0 Å². The molecule has 2 atom stereocenters. The number of nitrogens with one attached hydrogen (secondary N) is 2. The number of nitrogens with zero attached hydrogens (tertiary/aromatic N) is 3. The van der Waals surface area contributed by atoms with Crippen LogP contribution in [0.15, 0.2) is 48.7 Å². The van der Waals surface area contributed by atoms with Gasteiger partial charge in [0.05, 0.1) is 0 Å². The highest BCUT2D eigenvalue weighted by molar-refractivity contribution is 5.97. The highest BCUT2D eigenvalue weighted by Crippen LogP contribution is 2.15. The molecule has 0 aliphatic carbocycles. The maximum atomic E-state index is 12.9. The highest BCUT2D eigenvalue weighted by atomic mass is 16.2. The summed E-state index contributed by atoms with van der Waals surface area (Å²) < 4.78 is 0. The van der Waals surface area contributed by atoms with Crippen LogP contribution in [-0.2, 0) is 11.3 Å². The van der Waals surface area contributed by atoms with E-state index >= 15 is 0 Å². The lowest BCUT2D eigenvalue weighted by atomic mass is 9.97. The van der Waals surface area contributed by atoms with Gasteiger partial charge in [0.25, 0.3) is 5.91 Å². The molecule has 1 aromatic heterocycles. The van der Waals surface area contributed by atoms with Crippen molar-refractivity contribution in [2.75, 3.05) is 37.6 Å². The number of benzene rings is 1. The second-order valence-electron chi connectivity index (χ2n) is 8.37. The van der Waals surface area contributed by atoms with Crippen molar-refractivity contribution in [1.29, 1.82) is 0 Å². The Hall–Kier alpha value is -2.93. The van der Waals surface area contributed by atoms with Crippen LogP contribution in [0.25, 0.3) is 0 Å². The SMILES string of the molecule is CCC(C)C(NC(=O)c1ccccc1)C(=O)NCc1ccc(N2CCN(CC)CC2)nc1. The summed E-state index contributed by atoms with van der Waals surface area (Å²) in [4.78, 5) is 34.8. The minimum absolute atomic E-state index is 0.0185. The Morgan fingerprint density at radius 1 is 1.03 bits per heavy atom. The highest BCUT2D eigenvalue weighted by Gasteiger charge is 2.26. The van der Waals surface area contributed by atoms with Gasteiger partial charge in [0.15, 0.2) is 0 Å². The third-order valence-corrected chi connectivity index (χ3v) is 6.24. The second kappa shape index (κ2) is 11.6. The van der Waals surface area contributed by atoms with E-state index in [1.807, 2.05) is 50.4 Å². The van der Waals surface area contributed by atoms with Gasteiger partial charge in [-0.3, -0.25) is 9.59 Å². The first-order valence-electron chi connectivity index (χ1n) is 11.6. The molecular formula is C25H35N5O2. The summed E-state index contributed by atoms with van der Waals surface area (Å²) in [5.41, 5.74) is 1.49. The number of rotatable bonds is 9. The summed E-state index contributed by atoms with van der Waals surface area (Å²) in [7, 11) is 0. The van der Waals surface area contributed by atoms with Gasteiger partial charge in [-0.2, -0.15) is 0 Å². The van der Waals surface area contributed by atoms with Crippen LogP contribution < -0.4 is 15.5 Å². The number of carbonyl (C=O) groups excluding carboxylic acids is 2. The number of hydrogen-bond acceptors (Lipinski definition) is 5. The van der Waals surface area contributed by atoms with Crippen LogP contribution in [0, 0.1) is 5.92 Å². The molecule has 2 aromatic rings. The number of pyridine rings is 1. The van der Waals surface area contributed by atoms with Crippen LogP contribution in [0.1, 0.15) is 43.1 Å². The fourth-order valence-electron chi connectivity index (χ4n) is 3.82. The first-order valence-corrected chi connectivity index (χ1v) is 11.6. The first-order chi connectivity index (χ1) is 15.5. The third kappa shape index (κ3) is 6.29. The van der Waals surface area contributed by atoms with Crippen LogP contribution >= 0.6 is 0 Å². The average Bonchev–Trinajstić information content (AvgIpc) is 2.86. The predicted octanol–water partition coefficient (Wildman–Crippen LogP) is 2.68. The van der Waals surface area contributed by atoms with E-state index in [1.165, 1.54) is 0 Å². The molecule has 1 aliphatic rings. The average molecular weight is 438 g/mol. The molecular weight excluding hydrogens is 402 g/mol. The fraction of sp³-hybridized carbons (Fsp3) is 0.480. The maximum Gasteiger partial charge on any atom is 0.251 e. The van der Waals surface area contributed by atoms with Gasteiger partial charge < -0.3 is 20.4 Å². The summed E-state index contributed by atoms with van der Waals surface area (Å²) >= 11 is 0. The van der Waals surface area contributed by atoms with E-state index in [9.17, 15) is 9.59 Å². The van der Waals surface area contributed by atoms with Crippen LogP contribution in [-0.4, -0.2) is 60.5 Å². The lowest BCUT2D eigenvalue weighted by Crippen LogP contribution is -2.50. The Morgan fingerprint density at radius 3 is 2.34 bits per heavy atom. The van der Waals surface area contributed by atoms with E-state index in [0.29, 0.717) is 12.1 Å². The number of hydrogen-bond donors (Lipinski definition) is 2. The summed E-state index contributed by atoms with van der Waals surface area (Å²) in [6.07, 6.45) is 2.61. The third-order valence-electron chi connectivity index (χ3n) is 6.24. The van der Waals surface area contributed by atoms with Crippen LogP contribution in [0.2, 0.25) is 0 Å². The number of piperazine rings is 1. The zero-order valence-corrected chi connectivity index (χ0v) is 19.4. The van der Waals surface area contributed by atoms with Crippen molar-refractivity contribution >= 4 is 17.6 Å². The lowest BCUT2D eigenvalue weighted by Gasteiger charge is -2.34. The second-order valence-corrected chi connectivity index (χ2v) is 8.37. The quantitative estimate of drug-likeness (QED) is 0.631. The molecule has 1 saturated heterocycles. The van der Waals surface area contributed by atoms with Gasteiger partial charge in [-0.1, -0.05) is 51.5 Å². The van der Waals surface area contributed by atoms with Gasteiger partial charge in [0.2, 0.25) is 5.91 Å². The lowest BCUT2D eigenvalue weighted by molar-refractivity contribution is -0.124. The summed E-state index contributed by atoms with van der Waals surface area (Å²) in [6, 6.07) is 12.4. The van der Waals surface area contributed by atoms with Gasteiger partial charge in [-0.25, -0.2) is 4.98 Å². The first kappa shape index (κ1) is 23.7. The monoisotopic (exact) mass is 437 g/mol. The number of carbonyl (C=O) groups is 2. The topological polar surface area (TPSA) is 77.6 Å². The Morgan fingerprint density at radius 2 is 1.75 bits per heavy atom. The van der Waals surface area contributed by atoms with Gasteiger partial charge in [0.1, 0.15) is 11.9 Å². The van der Waals surface area contributed by atoms with Crippen molar-refractivity contribution in [1.82, 2.24) is 20.5 Å². The van der Waals surface area contributed by atoms with E-state index in [4.69, 9.17) is 0 Å². The van der Waals surface area contributed by atoms with Crippen LogP contribution in [0.3, 0.4) is 0 Å². The minimum atomic E-state index is -0.588. The van der Waals surface area contributed by atoms with Crippen molar-refractivity contribution in [2.24, 2.45) is 5.92 Å². The van der Waals surface area contributed by atoms with Crippen molar-refractivity contribution in [2.45, 2.75) is 39.8 Å². The van der Waals surface area contributed by atoms with Gasteiger partial charge in [-0.15, -0.1) is 0 Å². The maximum absolute atomic E-state index is 12.9. The molecule has 0 saturated carbocycles. The molecule has 3 rings (SSSR count). The van der Waals surface area contributed by atoms with Crippen molar-refractivity contribution in [3.8, 4) is 0 Å². The van der Waals surface area contributed by atoms with E-state index in [0.717, 1.165) is 50.5 Å². The predicted molar refractivity (Wildman–Crippen MR) is 128 cm³/mol. The largest absolute Gasteiger partial charge is 0.354 e. The summed E-state index contributed by atoms with van der Waals surface area (Å²) in [5, 5.41) is 5.87. The molecule has 32 heavy (non-hydrogen) atoms. The Labute approximate surface area is 191 Å². The van der Waals surface area contributed by atoms with Crippen LogP contribution in [0.4, 0.5) is 5.82 Å². The smallest absolute Gasteiger partial charge is 0.251 e. The molecule has 2 amide bonds. The molecule has 0 radical (unpaired) electrons. The number of likely N-dealkylation sites (N-methyl/N-ethyl adjacent to an activating group) is 1. The Bertz CT molecular complexity index is 864. The van der Waals surface area contributed by atoms with Crippen molar-refractivity contribution in [3.05, 3.63) is 59.8 Å². The standard InChI is InChI=1S/C25H35N5O2/c1-4-19(3)23(28-24(31)21-9-7-6-8-10-21)25(32)27-18-20-11-12-22(26-17-20)30-15-13-29(5-2)14-16-30/h6-12,17,19,23H,4-5,13-16,18H2,1-3H3,(H,27,32)(H,28,31). The van der Waals surface area contributed by atoms with E-state index in [-0.39, 0.29) is 17.7 Å². The molecule has 7 nitrogen and oxygen atoms in total. The van der Waals surface area contributed by atoms with Crippen molar-refractivity contribution < 1.29 is 9.59 Å². The molecule has 0 spiro atoms. The van der Waals surface area contributed by atoms with E-state index < -0.39 is 6.04 Å². The molecule has 2 heterocycles. The molecule has 1 aliphatic heterocycles. The molecule has 1 aromatic carbocycles. The van der Waals surface area contributed by atoms with Crippen LogP contribution in [0.5, 0.6) is 0 Å². The zero-order valence-electron chi connectivity index (χ0n) is 19.4. The van der Waals surface area contributed by atoms with Gasteiger partial charge >= 0.3 is 0 Å². The summed E-state index contributed by atoms with van der Waals surface area (Å²) in [5.74, 6) is 0.581. The van der Waals surface area contributed by atoms with E-state index in [1.54, 1.807) is 12.1 Å². The molecule has 172 valence electrons. The Balaban J connectivity index is 1.55. The number of amides is 2. The minimum Gasteiger partial charge on any atom is -0.354 e. The molecule has 1 fully saturated rings. The molecule has 2 N–H and O–H groups in total. The molecule has 7 heteroatoms. The van der Waals surface area contributed by atoms with Gasteiger partial charge in [0, 0.05) is 44.5 Å². The number of anilines is 1. The molecule has 2 unspecified atom stereocenters.